The number of aromatic nitrogens is 2. The molecule has 0 bridgehead atoms. The third-order valence-corrected chi connectivity index (χ3v) is 10.4. The molecule has 1 saturated heterocycles. The van der Waals surface area contributed by atoms with Crippen molar-refractivity contribution in [2.45, 2.75) is 43.7 Å². The molecule has 6 aromatic rings. The number of thioether (sulfide) groups is 1. The second kappa shape index (κ2) is 17.0. The van der Waals surface area contributed by atoms with E-state index in [1.165, 1.54) is 0 Å². The molecule has 0 aliphatic carbocycles. The Morgan fingerprint density at radius 2 is 1.57 bits per heavy atom. The fourth-order valence-electron chi connectivity index (χ4n) is 6.24. The standard InChI is InChI=1S/C43H42N4O5S/c1-29-39(28-53-43-44-23-24-47(43)2)51-41(52-40(29)33-13-11-30(27-48)12-14-33)34-17-15-32(16-18-34)35-8-6-7-31(25-35)26-45-42(49)46-36-19-21-38(22-20-36)50-37-9-4-3-5-10-37/h3-25,29,39-41,48H,26-28H2,1-2H3,(H2,45,46,49)/t29-,39+,40+,41+/m1/s1. The maximum Gasteiger partial charge on any atom is 0.319 e. The molecule has 0 unspecified atom stereocenters. The Morgan fingerprint density at radius 3 is 2.28 bits per heavy atom. The average Bonchev–Trinajstić information content (AvgIpc) is 3.62. The number of hydrogen-bond donors (Lipinski definition) is 3. The van der Waals surface area contributed by atoms with Crippen molar-refractivity contribution in [3.8, 4) is 22.6 Å². The number of imidazole rings is 1. The predicted molar refractivity (Wildman–Crippen MR) is 208 cm³/mol. The number of para-hydroxylation sites is 1. The third kappa shape index (κ3) is 9.16. The Bertz CT molecular complexity index is 2090. The molecule has 1 fully saturated rings. The molecule has 9 nitrogen and oxygen atoms in total. The molecule has 1 aliphatic heterocycles. The SMILES string of the molecule is C[C@@H]1[C@H](CSc2nccn2C)O[C@H](c2ccc(-c3cccc(CNC(=O)Nc4ccc(Oc5ccccc5)cc4)c3)cc2)O[C@@H]1c1ccc(CO)cc1. The summed E-state index contributed by atoms with van der Waals surface area (Å²) in [5.41, 5.74) is 6.57. The molecule has 0 radical (unpaired) electrons. The number of benzene rings is 5. The number of carbonyl (C=O) groups excluding carboxylic acids is 1. The number of amides is 2. The molecule has 1 aliphatic rings. The first-order valence-corrected chi connectivity index (χ1v) is 18.6. The van der Waals surface area contributed by atoms with E-state index < -0.39 is 6.29 Å². The summed E-state index contributed by atoms with van der Waals surface area (Å²) in [6.45, 7) is 2.53. The number of aliphatic hydroxyl groups is 1. The zero-order chi connectivity index (χ0) is 36.6. The first-order chi connectivity index (χ1) is 25.9. The number of carbonyl (C=O) groups is 1. The minimum Gasteiger partial charge on any atom is -0.457 e. The molecule has 7 rings (SSSR count). The zero-order valence-electron chi connectivity index (χ0n) is 29.6. The summed E-state index contributed by atoms with van der Waals surface area (Å²) in [4.78, 5) is 17.2. The van der Waals surface area contributed by atoms with Gasteiger partial charge in [0.1, 0.15) is 11.5 Å². The molecule has 1 aromatic heterocycles. The Labute approximate surface area is 314 Å². The van der Waals surface area contributed by atoms with Gasteiger partial charge in [0.05, 0.1) is 18.8 Å². The molecule has 2 heterocycles. The van der Waals surface area contributed by atoms with Gasteiger partial charge < -0.3 is 34.5 Å². The van der Waals surface area contributed by atoms with Crippen LogP contribution in [-0.2, 0) is 29.7 Å². The van der Waals surface area contributed by atoms with E-state index in [1.54, 1.807) is 18.0 Å². The number of rotatable bonds is 12. The highest BCUT2D eigenvalue weighted by Gasteiger charge is 2.38. The van der Waals surface area contributed by atoms with Gasteiger partial charge in [-0.15, -0.1) is 0 Å². The van der Waals surface area contributed by atoms with Gasteiger partial charge in [-0.25, -0.2) is 9.78 Å². The number of nitrogens with zero attached hydrogens (tertiary/aromatic N) is 2. The van der Waals surface area contributed by atoms with Crippen LogP contribution in [0.25, 0.3) is 11.1 Å². The monoisotopic (exact) mass is 726 g/mol. The summed E-state index contributed by atoms with van der Waals surface area (Å²) >= 11 is 1.68. The second-order valence-corrected chi connectivity index (χ2v) is 14.0. The van der Waals surface area contributed by atoms with Gasteiger partial charge in [0.15, 0.2) is 11.4 Å². The maximum atomic E-state index is 12.7. The van der Waals surface area contributed by atoms with Gasteiger partial charge in [-0.3, -0.25) is 0 Å². The molecule has 5 aromatic carbocycles. The first-order valence-electron chi connectivity index (χ1n) is 17.6. The van der Waals surface area contributed by atoms with Crippen LogP contribution in [0.1, 0.15) is 41.6 Å². The van der Waals surface area contributed by atoms with Crippen LogP contribution in [0, 0.1) is 5.92 Å². The highest BCUT2D eigenvalue weighted by atomic mass is 32.2. The third-order valence-electron chi connectivity index (χ3n) is 9.26. The van der Waals surface area contributed by atoms with E-state index in [1.807, 2.05) is 109 Å². The molecule has 10 heteroatoms. The number of aliphatic hydroxyl groups excluding tert-OH is 1. The van der Waals surface area contributed by atoms with Crippen molar-refractivity contribution >= 4 is 23.5 Å². The van der Waals surface area contributed by atoms with E-state index in [0.29, 0.717) is 18.0 Å². The number of urea groups is 1. The quantitative estimate of drug-likeness (QED) is 0.108. The molecule has 0 spiro atoms. The topological polar surface area (TPSA) is 107 Å². The smallest absolute Gasteiger partial charge is 0.319 e. The maximum absolute atomic E-state index is 12.7. The molecule has 2 amide bonds. The molecule has 4 atom stereocenters. The van der Waals surface area contributed by atoms with Gasteiger partial charge in [0, 0.05) is 48.9 Å². The van der Waals surface area contributed by atoms with Crippen molar-refractivity contribution in [1.29, 1.82) is 0 Å². The predicted octanol–water partition coefficient (Wildman–Crippen LogP) is 9.28. The second-order valence-electron chi connectivity index (χ2n) is 13.0. The summed E-state index contributed by atoms with van der Waals surface area (Å²) in [5.74, 6) is 2.25. The fraction of sp³-hybridized carbons (Fsp3) is 0.209. The lowest BCUT2D eigenvalue weighted by Crippen LogP contribution is -2.38. The van der Waals surface area contributed by atoms with Crippen LogP contribution in [0.3, 0.4) is 0 Å². The molecule has 53 heavy (non-hydrogen) atoms. The number of anilines is 1. The van der Waals surface area contributed by atoms with Gasteiger partial charge >= 0.3 is 6.03 Å². The van der Waals surface area contributed by atoms with Crippen LogP contribution in [-0.4, -0.2) is 32.5 Å². The minimum absolute atomic E-state index is 0.00126. The Hall–Kier alpha value is -5.39. The summed E-state index contributed by atoms with van der Waals surface area (Å²) in [7, 11) is 1.99. The van der Waals surface area contributed by atoms with E-state index in [-0.39, 0.29) is 30.8 Å². The molecule has 0 saturated carbocycles. The average molecular weight is 727 g/mol. The highest BCUT2D eigenvalue weighted by Crippen LogP contribution is 2.43. The Morgan fingerprint density at radius 1 is 0.830 bits per heavy atom. The van der Waals surface area contributed by atoms with Crippen molar-refractivity contribution < 1.29 is 24.1 Å². The van der Waals surface area contributed by atoms with Crippen LogP contribution in [0.4, 0.5) is 10.5 Å². The first kappa shape index (κ1) is 36.0. The van der Waals surface area contributed by atoms with E-state index in [0.717, 1.165) is 50.0 Å². The molecule has 270 valence electrons. The van der Waals surface area contributed by atoms with Crippen molar-refractivity contribution in [3.63, 3.8) is 0 Å². The van der Waals surface area contributed by atoms with Gasteiger partial charge in [0.2, 0.25) is 0 Å². The minimum atomic E-state index is -0.559. The Balaban J connectivity index is 0.985. The van der Waals surface area contributed by atoms with Crippen molar-refractivity contribution in [2.75, 3.05) is 11.1 Å². The molecular weight excluding hydrogens is 685 g/mol. The lowest BCUT2D eigenvalue weighted by Gasteiger charge is -2.41. The van der Waals surface area contributed by atoms with Crippen molar-refractivity contribution in [3.05, 3.63) is 162 Å². The summed E-state index contributed by atoms with van der Waals surface area (Å²) in [6, 6.07) is 40.9. The van der Waals surface area contributed by atoms with Crippen molar-refractivity contribution in [2.24, 2.45) is 13.0 Å². The summed E-state index contributed by atoms with van der Waals surface area (Å²) in [6.07, 6.45) is 2.91. The fourth-order valence-corrected chi connectivity index (χ4v) is 7.34. The number of hydrogen-bond acceptors (Lipinski definition) is 7. The number of nitrogens with one attached hydrogen (secondary N) is 2. The van der Waals surface area contributed by atoms with Gasteiger partial charge in [0.25, 0.3) is 0 Å². The van der Waals surface area contributed by atoms with Gasteiger partial charge in [-0.05, 0) is 70.3 Å². The largest absolute Gasteiger partial charge is 0.457 e. The summed E-state index contributed by atoms with van der Waals surface area (Å²) in [5, 5.41) is 16.4. The van der Waals surface area contributed by atoms with Crippen molar-refractivity contribution in [1.82, 2.24) is 14.9 Å². The lowest BCUT2D eigenvalue weighted by molar-refractivity contribution is -0.268. The van der Waals surface area contributed by atoms with Gasteiger partial charge in [-0.2, -0.15) is 0 Å². The van der Waals surface area contributed by atoms with Crippen LogP contribution < -0.4 is 15.4 Å². The van der Waals surface area contributed by atoms with E-state index in [9.17, 15) is 9.90 Å². The number of ether oxygens (including phenoxy) is 3. The zero-order valence-corrected chi connectivity index (χ0v) is 30.4. The Kier molecular flexibility index (Phi) is 11.5. The van der Waals surface area contributed by atoms with E-state index in [4.69, 9.17) is 14.2 Å². The van der Waals surface area contributed by atoms with Crippen LogP contribution >= 0.6 is 11.8 Å². The van der Waals surface area contributed by atoms with Gasteiger partial charge in [-0.1, -0.05) is 104 Å². The molecule has 3 N–H and O–H groups in total. The molecular formula is C43H42N4O5S. The highest BCUT2D eigenvalue weighted by molar-refractivity contribution is 7.99. The summed E-state index contributed by atoms with van der Waals surface area (Å²) < 4.78 is 21.1. The van der Waals surface area contributed by atoms with E-state index >= 15 is 0 Å². The number of aryl methyl sites for hydroxylation is 1. The van der Waals surface area contributed by atoms with Crippen LogP contribution in [0.5, 0.6) is 11.5 Å². The lowest BCUT2D eigenvalue weighted by atomic mass is 9.91. The van der Waals surface area contributed by atoms with Crippen LogP contribution in [0.2, 0.25) is 0 Å². The van der Waals surface area contributed by atoms with Crippen LogP contribution in [0.15, 0.2) is 145 Å². The van der Waals surface area contributed by atoms with E-state index in [2.05, 4.69) is 58.9 Å². The normalized spacial score (nSPS) is 18.3.